The van der Waals surface area contributed by atoms with Crippen molar-refractivity contribution in [2.45, 2.75) is 17.6 Å². The van der Waals surface area contributed by atoms with Gasteiger partial charge in [-0.3, -0.25) is 4.79 Å². The molecule has 2 rings (SSSR count). The molecule has 0 atom stereocenters. The van der Waals surface area contributed by atoms with Crippen molar-refractivity contribution in [3.63, 3.8) is 0 Å². The molecular weight excluding hydrogens is 348 g/mol. The van der Waals surface area contributed by atoms with Gasteiger partial charge in [-0.05, 0) is 42.8 Å². The Bertz CT molecular complexity index is 842. The summed E-state index contributed by atoms with van der Waals surface area (Å²) in [5.41, 5.74) is 6.68. The Morgan fingerprint density at radius 2 is 2.04 bits per heavy atom. The lowest BCUT2D eigenvalue weighted by Gasteiger charge is -2.15. The predicted molar refractivity (Wildman–Crippen MR) is 103 cm³/mol. The average Bonchev–Trinajstić information content (AvgIpc) is 2.65. The summed E-state index contributed by atoms with van der Waals surface area (Å²) in [6.07, 6.45) is 1.46. The van der Waals surface area contributed by atoms with Crippen LogP contribution in [0.5, 0.6) is 11.5 Å². The predicted octanol–water partition coefficient (Wildman–Crippen LogP) is 3.78. The molecule has 134 valence electrons. The number of ether oxygens (including phenoxy) is 2. The quantitative estimate of drug-likeness (QED) is 0.435. The van der Waals surface area contributed by atoms with Crippen LogP contribution >= 0.6 is 11.8 Å². The molecule has 0 heterocycles. The first-order chi connectivity index (χ1) is 12.6. The van der Waals surface area contributed by atoms with Crippen LogP contribution in [0.25, 0.3) is 6.08 Å². The Labute approximate surface area is 157 Å². The van der Waals surface area contributed by atoms with E-state index in [-0.39, 0.29) is 5.57 Å². The van der Waals surface area contributed by atoms with Gasteiger partial charge in [0, 0.05) is 16.2 Å². The minimum absolute atomic E-state index is 0.112. The van der Waals surface area contributed by atoms with Crippen LogP contribution in [-0.4, -0.2) is 19.6 Å². The second kappa shape index (κ2) is 9.54. The standard InChI is InChI=1S/C20H20N2O3S/c1-3-25-18-11-14(9-15(12-21)20(22)23)10-16(19(18)24-2)13-26-17-7-5-4-6-8-17/h4-11H,3,13H2,1-2H3,(H2,22,23)/b15-9+. The zero-order chi connectivity index (χ0) is 18.9. The number of amides is 1. The molecule has 0 aliphatic heterocycles. The van der Waals surface area contributed by atoms with E-state index < -0.39 is 5.91 Å². The number of nitrogens with two attached hydrogens (primary N) is 1. The molecule has 0 fully saturated rings. The molecule has 0 bridgehead atoms. The molecule has 0 aliphatic rings. The Kier molecular flexibility index (Phi) is 7.12. The largest absolute Gasteiger partial charge is 0.493 e. The lowest BCUT2D eigenvalue weighted by atomic mass is 10.1. The number of carbonyl (C=O) groups is 1. The van der Waals surface area contributed by atoms with Crippen LogP contribution in [0.15, 0.2) is 52.9 Å². The summed E-state index contributed by atoms with van der Waals surface area (Å²) in [5.74, 6) is 1.09. The molecule has 0 unspecified atom stereocenters. The Balaban J connectivity index is 2.43. The van der Waals surface area contributed by atoms with Crippen molar-refractivity contribution in [3.05, 3.63) is 59.2 Å². The van der Waals surface area contributed by atoms with Crippen molar-refractivity contribution in [1.29, 1.82) is 5.26 Å². The summed E-state index contributed by atoms with van der Waals surface area (Å²) in [6, 6.07) is 15.4. The van der Waals surface area contributed by atoms with Crippen molar-refractivity contribution >= 4 is 23.7 Å². The van der Waals surface area contributed by atoms with Gasteiger partial charge in [0.25, 0.3) is 5.91 Å². The third-order valence-corrected chi connectivity index (χ3v) is 4.55. The molecule has 0 saturated carbocycles. The summed E-state index contributed by atoms with van der Waals surface area (Å²) in [7, 11) is 1.59. The maximum Gasteiger partial charge on any atom is 0.259 e. The monoisotopic (exact) mass is 368 g/mol. The summed E-state index contributed by atoms with van der Waals surface area (Å²) in [6.45, 7) is 2.35. The van der Waals surface area contributed by atoms with Crippen LogP contribution in [0.2, 0.25) is 0 Å². The van der Waals surface area contributed by atoms with E-state index in [4.69, 9.17) is 20.5 Å². The lowest BCUT2D eigenvalue weighted by Crippen LogP contribution is -2.12. The molecule has 0 aliphatic carbocycles. The van der Waals surface area contributed by atoms with Crippen LogP contribution in [0.4, 0.5) is 0 Å². The van der Waals surface area contributed by atoms with Gasteiger partial charge >= 0.3 is 0 Å². The lowest BCUT2D eigenvalue weighted by molar-refractivity contribution is -0.114. The van der Waals surface area contributed by atoms with Gasteiger partial charge in [-0.1, -0.05) is 18.2 Å². The zero-order valence-corrected chi connectivity index (χ0v) is 15.5. The van der Waals surface area contributed by atoms with E-state index in [0.717, 1.165) is 10.5 Å². The highest BCUT2D eigenvalue weighted by molar-refractivity contribution is 7.98. The molecular formula is C20H20N2O3S. The van der Waals surface area contributed by atoms with Gasteiger partial charge in [0.2, 0.25) is 0 Å². The molecule has 0 spiro atoms. The van der Waals surface area contributed by atoms with Gasteiger partial charge in [0.15, 0.2) is 11.5 Å². The number of hydrogen-bond acceptors (Lipinski definition) is 5. The minimum Gasteiger partial charge on any atom is -0.493 e. The average molecular weight is 368 g/mol. The number of methoxy groups -OCH3 is 1. The van der Waals surface area contributed by atoms with Gasteiger partial charge in [0.05, 0.1) is 13.7 Å². The Morgan fingerprint density at radius 1 is 1.31 bits per heavy atom. The number of nitrogens with zero attached hydrogens (tertiary/aromatic N) is 1. The van der Waals surface area contributed by atoms with Crippen molar-refractivity contribution in [2.75, 3.05) is 13.7 Å². The van der Waals surface area contributed by atoms with Crippen LogP contribution in [0.1, 0.15) is 18.1 Å². The van der Waals surface area contributed by atoms with Gasteiger partial charge in [0.1, 0.15) is 11.6 Å². The number of thioether (sulfide) groups is 1. The van der Waals surface area contributed by atoms with Crippen molar-refractivity contribution in [2.24, 2.45) is 5.73 Å². The Hall–Kier alpha value is -2.91. The van der Waals surface area contributed by atoms with E-state index in [2.05, 4.69) is 0 Å². The van der Waals surface area contributed by atoms with Crippen molar-refractivity contribution in [1.82, 2.24) is 0 Å². The zero-order valence-electron chi connectivity index (χ0n) is 14.7. The number of rotatable bonds is 8. The molecule has 2 N–H and O–H groups in total. The first kappa shape index (κ1) is 19.4. The molecule has 2 aromatic carbocycles. The van der Waals surface area contributed by atoms with E-state index >= 15 is 0 Å². The molecule has 0 radical (unpaired) electrons. The molecule has 26 heavy (non-hydrogen) atoms. The maximum absolute atomic E-state index is 11.3. The van der Waals surface area contributed by atoms with Crippen LogP contribution in [0.3, 0.4) is 0 Å². The van der Waals surface area contributed by atoms with Crippen molar-refractivity contribution in [3.8, 4) is 17.6 Å². The fourth-order valence-corrected chi connectivity index (χ4v) is 3.26. The first-order valence-electron chi connectivity index (χ1n) is 8.02. The third-order valence-electron chi connectivity index (χ3n) is 3.49. The molecule has 0 aromatic heterocycles. The summed E-state index contributed by atoms with van der Waals surface area (Å²) >= 11 is 1.66. The number of nitriles is 1. The SMILES string of the molecule is CCOc1cc(/C=C(\C#N)C(N)=O)cc(CSc2ccccc2)c1OC. The Morgan fingerprint density at radius 3 is 2.62 bits per heavy atom. The smallest absolute Gasteiger partial charge is 0.259 e. The van der Waals surface area contributed by atoms with Crippen LogP contribution < -0.4 is 15.2 Å². The van der Waals surface area contributed by atoms with E-state index in [1.165, 1.54) is 6.08 Å². The number of benzene rings is 2. The van der Waals surface area contributed by atoms with E-state index in [1.54, 1.807) is 24.9 Å². The normalized spacial score (nSPS) is 10.9. The molecule has 5 nitrogen and oxygen atoms in total. The topological polar surface area (TPSA) is 85.3 Å². The van der Waals surface area contributed by atoms with Gasteiger partial charge < -0.3 is 15.2 Å². The molecule has 0 saturated heterocycles. The second-order valence-corrected chi connectivity index (χ2v) is 6.33. The minimum atomic E-state index is -0.763. The number of carbonyl (C=O) groups excluding carboxylic acids is 1. The highest BCUT2D eigenvalue weighted by atomic mass is 32.2. The number of primary amides is 1. The van der Waals surface area contributed by atoms with Crippen LogP contribution in [-0.2, 0) is 10.5 Å². The third kappa shape index (κ3) is 5.04. The highest BCUT2D eigenvalue weighted by Gasteiger charge is 2.14. The summed E-state index contributed by atoms with van der Waals surface area (Å²) < 4.78 is 11.2. The van der Waals surface area contributed by atoms with E-state index in [0.29, 0.717) is 29.4 Å². The van der Waals surface area contributed by atoms with Crippen LogP contribution in [0, 0.1) is 11.3 Å². The number of hydrogen-bond donors (Lipinski definition) is 1. The van der Waals surface area contributed by atoms with Crippen molar-refractivity contribution < 1.29 is 14.3 Å². The summed E-state index contributed by atoms with van der Waals surface area (Å²) in [4.78, 5) is 12.5. The highest BCUT2D eigenvalue weighted by Crippen LogP contribution is 2.37. The van der Waals surface area contributed by atoms with E-state index in [9.17, 15) is 4.79 Å². The first-order valence-corrected chi connectivity index (χ1v) is 9.00. The molecule has 6 heteroatoms. The summed E-state index contributed by atoms with van der Waals surface area (Å²) in [5, 5.41) is 9.07. The molecule has 2 aromatic rings. The van der Waals surface area contributed by atoms with Gasteiger partial charge in [-0.25, -0.2) is 0 Å². The fourth-order valence-electron chi connectivity index (χ4n) is 2.37. The van der Waals surface area contributed by atoms with E-state index in [1.807, 2.05) is 49.4 Å². The fraction of sp³-hybridized carbons (Fsp3) is 0.200. The van der Waals surface area contributed by atoms with Gasteiger partial charge in [-0.15, -0.1) is 11.8 Å². The molecule has 1 amide bonds. The second-order valence-electron chi connectivity index (χ2n) is 5.28. The maximum atomic E-state index is 11.3. The van der Waals surface area contributed by atoms with Gasteiger partial charge in [-0.2, -0.15) is 5.26 Å².